The molecule has 0 aliphatic carbocycles. The average molecular weight is 160 g/mol. The summed E-state index contributed by atoms with van der Waals surface area (Å²) >= 11 is 0. The highest BCUT2D eigenvalue weighted by molar-refractivity contribution is 5.84. The smallest absolute Gasteiger partial charge is 0.225 e. The van der Waals surface area contributed by atoms with E-state index in [4.69, 9.17) is 0 Å². The second-order valence-electron chi connectivity index (χ2n) is 2.40. The maximum Gasteiger partial charge on any atom is 0.225 e. The Hall–Kier alpha value is -1.98. The molecule has 3 rings (SSSR count). The number of nitrogens with one attached hydrogen (secondary N) is 1. The first kappa shape index (κ1) is 5.64. The summed E-state index contributed by atoms with van der Waals surface area (Å²) < 4.78 is 1.66. The van der Waals surface area contributed by atoms with Crippen molar-refractivity contribution in [3.05, 3.63) is 18.5 Å². The molecule has 0 aliphatic rings. The van der Waals surface area contributed by atoms with Crippen molar-refractivity contribution in [3.8, 4) is 0 Å². The first-order chi connectivity index (χ1) is 5.95. The second-order valence-corrected chi connectivity index (χ2v) is 2.40. The summed E-state index contributed by atoms with van der Waals surface area (Å²) in [5.74, 6) is 0. The number of rotatable bonds is 0. The van der Waals surface area contributed by atoms with Crippen LogP contribution in [0, 0.1) is 0 Å². The average Bonchev–Trinajstić information content (AvgIpc) is 2.62. The molecule has 0 spiro atoms. The monoisotopic (exact) mass is 160 g/mol. The molecule has 12 heavy (non-hydrogen) atoms. The fourth-order valence-electron chi connectivity index (χ4n) is 1.17. The largest absolute Gasteiger partial charge is 0.252 e. The standard InChI is InChI=1S/C6H4N6/c1-2-7-6-4-5(9-11-8-4)10-12(6)3-1/h1-3H,(H,8,9,10). The van der Waals surface area contributed by atoms with Crippen molar-refractivity contribution < 1.29 is 0 Å². The van der Waals surface area contributed by atoms with Crippen molar-refractivity contribution in [1.29, 1.82) is 0 Å². The van der Waals surface area contributed by atoms with Crippen molar-refractivity contribution in [3.63, 3.8) is 0 Å². The minimum atomic E-state index is 0.591. The Kier molecular flexibility index (Phi) is 0.840. The van der Waals surface area contributed by atoms with Crippen LogP contribution in [0.2, 0.25) is 0 Å². The van der Waals surface area contributed by atoms with E-state index in [1.54, 1.807) is 10.7 Å². The molecule has 6 heteroatoms. The first-order valence-electron chi connectivity index (χ1n) is 3.45. The van der Waals surface area contributed by atoms with Gasteiger partial charge in [0.05, 0.1) is 0 Å². The van der Waals surface area contributed by atoms with Gasteiger partial charge in [-0.05, 0) is 6.07 Å². The molecule has 3 aromatic rings. The molecule has 6 nitrogen and oxygen atoms in total. The Morgan fingerprint density at radius 1 is 1.42 bits per heavy atom. The number of aromatic nitrogens is 6. The van der Waals surface area contributed by atoms with Crippen LogP contribution >= 0.6 is 0 Å². The van der Waals surface area contributed by atoms with Crippen LogP contribution in [0.4, 0.5) is 0 Å². The van der Waals surface area contributed by atoms with Crippen molar-refractivity contribution in [1.82, 2.24) is 30.0 Å². The number of H-pyrrole nitrogens is 1. The Morgan fingerprint density at radius 3 is 3.42 bits per heavy atom. The van der Waals surface area contributed by atoms with Crippen LogP contribution in [0.15, 0.2) is 18.5 Å². The lowest BCUT2D eigenvalue weighted by molar-refractivity contribution is 0.899. The summed E-state index contributed by atoms with van der Waals surface area (Å²) in [6.45, 7) is 0. The van der Waals surface area contributed by atoms with Crippen LogP contribution in [0.1, 0.15) is 0 Å². The van der Waals surface area contributed by atoms with E-state index in [1.807, 2.05) is 12.3 Å². The summed E-state index contributed by atoms with van der Waals surface area (Å²) in [4.78, 5) is 4.13. The van der Waals surface area contributed by atoms with Crippen molar-refractivity contribution in [2.75, 3.05) is 0 Å². The van der Waals surface area contributed by atoms with Crippen LogP contribution in [0.25, 0.3) is 16.8 Å². The molecule has 3 heterocycles. The number of aromatic amines is 1. The maximum atomic E-state index is 4.13. The Balaban J connectivity index is 2.68. The van der Waals surface area contributed by atoms with E-state index in [0.717, 1.165) is 11.2 Å². The van der Waals surface area contributed by atoms with Gasteiger partial charge in [-0.15, -0.1) is 10.2 Å². The molecular formula is C6H4N6. The molecule has 0 radical (unpaired) electrons. The third-order valence-corrected chi connectivity index (χ3v) is 1.68. The normalized spacial score (nSPS) is 11.3. The third kappa shape index (κ3) is 0.541. The van der Waals surface area contributed by atoms with Gasteiger partial charge in [-0.25, -0.2) is 9.50 Å². The van der Waals surface area contributed by atoms with Crippen LogP contribution in [-0.2, 0) is 0 Å². The highest BCUT2D eigenvalue weighted by Crippen LogP contribution is 2.10. The zero-order valence-electron chi connectivity index (χ0n) is 5.97. The molecule has 0 unspecified atom stereocenters. The first-order valence-corrected chi connectivity index (χ1v) is 3.45. The van der Waals surface area contributed by atoms with E-state index < -0.39 is 0 Å². The zero-order chi connectivity index (χ0) is 7.97. The number of nitrogens with zero attached hydrogens (tertiary/aromatic N) is 5. The maximum absolute atomic E-state index is 4.13. The molecule has 0 aliphatic heterocycles. The SMILES string of the molecule is c1cnc2c3[nH]nnc3nn2c1. The number of hydrogen-bond acceptors (Lipinski definition) is 4. The summed E-state index contributed by atoms with van der Waals surface area (Å²) in [7, 11) is 0. The highest BCUT2D eigenvalue weighted by atomic mass is 15.4. The molecule has 0 bridgehead atoms. The van der Waals surface area contributed by atoms with E-state index in [1.165, 1.54) is 0 Å². The molecule has 0 fully saturated rings. The van der Waals surface area contributed by atoms with Gasteiger partial charge < -0.3 is 0 Å². The zero-order valence-corrected chi connectivity index (χ0v) is 5.97. The highest BCUT2D eigenvalue weighted by Gasteiger charge is 2.06. The van der Waals surface area contributed by atoms with Gasteiger partial charge in [-0.3, -0.25) is 5.10 Å². The third-order valence-electron chi connectivity index (χ3n) is 1.68. The van der Waals surface area contributed by atoms with Gasteiger partial charge in [0.2, 0.25) is 5.65 Å². The van der Waals surface area contributed by atoms with Crippen molar-refractivity contribution in [2.24, 2.45) is 0 Å². The lowest BCUT2D eigenvalue weighted by Gasteiger charge is -1.86. The summed E-state index contributed by atoms with van der Waals surface area (Å²) in [6.07, 6.45) is 3.52. The van der Waals surface area contributed by atoms with Gasteiger partial charge in [0, 0.05) is 12.4 Å². The van der Waals surface area contributed by atoms with Crippen LogP contribution < -0.4 is 0 Å². The molecule has 0 atom stereocenters. The lowest BCUT2D eigenvalue weighted by Crippen LogP contribution is -1.88. The van der Waals surface area contributed by atoms with Gasteiger partial charge in [0.25, 0.3) is 0 Å². The minimum absolute atomic E-state index is 0.591. The number of hydrogen-bond donors (Lipinski definition) is 1. The van der Waals surface area contributed by atoms with Gasteiger partial charge in [-0.1, -0.05) is 5.21 Å². The molecule has 1 N–H and O–H groups in total. The van der Waals surface area contributed by atoms with Crippen molar-refractivity contribution in [2.45, 2.75) is 0 Å². The van der Waals surface area contributed by atoms with E-state index in [-0.39, 0.29) is 0 Å². The number of fused-ring (bicyclic) bond motifs is 3. The molecule has 58 valence electrons. The van der Waals surface area contributed by atoms with Crippen LogP contribution in [0.5, 0.6) is 0 Å². The summed E-state index contributed by atoms with van der Waals surface area (Å²) in [5.41, 5.74) is 2.11. The fraction of sp³-hybridized carbons (Fsp3) is 0. The van der Waals surface area contributed by atoms with Crippen molar-refractivity contribution >= 4 is 16.8 Å². The molecule has 0 saturated carbocycles. The van der Waals surface area contributed by atoms with E-state index in [9.17, 15) is 0 Å². The molecule has 3 aromatic heterocycles. The molecular weight excluding hydrogens is 156 g/mol. The van der Waals surface area contributed by atoms with Crippen LogP contribution in [-0.4, -0.2) is 30.0 Å². The minimum Gasteiger partial charge on any atom is -0.252 e. The van der Waals surface area contributed by atoms with Gasteiger partial charge in [0.1, 0.15) is 0 Å². The Bertz CT molecular complexity index is 534. The second kappa shape index (κ2) is 1.79. The van der Waals surface area contributed by atoms with Gasteiger partial charge >= 0.3 is 0 Å². The predicted molar refractivity (Wildman–Crippen MR) is 40.4 cm³/mol. The topological polar surface area (TPSA) is 71.8 Å². The molecule has 0 amide bonds. The quantitative estimate of drug-likeness (QED) is 0.502. The fourth-order valence-corrected chi connectivity index (χ4v) is 1.17. The lowest BCUT2D eigenvalue weighted by atomic mass is 10.5. The predicted octanol–water partition coefficient (Wildman–Crippen LogP) is 0.000600. The van der Waals surface area contributed by atoms with Crippen LogP contribution in [0.3, 0.4) is 0 Å². The van der Waals surface area contributed by atoms with Gasteiger partial charge in [-0.2, -0.15) is 0 Å². The Morgan fingerprint density at radius 2 is 2.42 bits per heavy atom. The van der Waals surface area contributed by atoms with E-state index in [2.05, 4.69) is 25.5 Å². The van der Waals surface area contributed by atoms with E-state index >= 15 is 0 Å². The summed E-state index contributed by atoms with van der Waals surface area (Å²) in [5, 5.41) is 14.3. The van der Waals surface area contributed by atoms with Gasteiger partial charge in [0.15, 0.2) is 11.2 Å². The Labute approximate surface area is 66.2 Å². The molecule has 0 aromatic carbocycles. The molecule has 0 saturated heterocycles. The van der Waals surface area contributed by atoms with E-state index in [0.29, 0.717) is 5.65 Å². The summed E-state index contributed by atoms with van der Waals surface area (Å²) in [6, 6.07) is 1.81.